The molecule has 0 fully saturated rings. The fraction of sp³-hybridized carbons (Fsp3) is 0.214. The Bertz CT molecular complexity index is 494. The molecule has 2 aromatic rings. The van der Waals surface area contributed by atoms with Crippen molar-refractivity contribution in [2.45, 2.75) is 20.3 Å². The molecule has 0 aliphatic heterocycles. The molecule has 1 heterocycles. The molecule has 0 aliphatic carbocycles. The number of aryl methyl sites for hydroxylation is 1. The van der Waals surface area contributed by atoms with Crippen LogP contribution in [0.15, 0.2) is 29.6 Å². The molecule has 2 rings (SSSR count). The van der Waals surface area contributed by atoms with Crippen molar-refractivity contribution < 1.29 is 4.79 Å². The number of carbonyl (C=O) groups is 1. The first kappa shape index (κ1) is 11.1. The van der Waals surface area contributed by atoms with Gasteiger partial charge in [0, 0.05) is 10.4 Å². The minimum atomic E-state index is 0.730. The third-order valence-corrected chi connectivity index (χ3v) is 4.01. The standard InChI is InChI=1S/C14H14OS/c1-3-12-9-16-14(10(12)2)13-6-4-11(8-15)5-7-13/h4-9H,3H2,1-2H3. The number of rotatable bonds is 3. The Hall–Kier alpha value is -1.41. The van der Waals surface area contributed by atoms with Gasteiger partial charge in [-0.3, -0.25) is 4.79 Å². The zero-order valence-corrected chi connectivity index (χ0v) is 10.3. The van der Waals surface area contributed by atoms with Crippen LogP contribution in [0.1, 0.15) is 28.4 Å². The highest BCUT2D eigenvalue weighted by atomic mass is 32.1. The van der Waals surface area contributed by atoms with Gasteiger partial charge in [0.15, 0.2) is 0 Å². The van der Waals surface area contributed by atoms with E-state index in [1.165, 1.54) is 21.6 Å². The normalized spacial score (nSPS) is 10.4. The summed E-state index contributed by atoms with van der Waals surface area (Å²) in [4.78, 5) is 11.9. The summed E-state index contributed by atoms with van der Waals surface area (Å²) in [5, 5.41) is 2.22. The molecule has 0 aliphatic rings. The highest BCUT2D eigenvalue weighted by Gasteiger charge is 2.07. The Kier molecular flexibility index (Phi) is 3.20. The van der Waals surface area contributed by atoms with E-state index in [-0.39, 0.29) is 0 Å². The van der Waals surface area contributed by atoms with Gasteiger partial charge in [0.2, 0.25) is 0 Å². The lowest BCUT2D eigenvalue weighted by Crippen LogP contribution is -1.83. The third-order valence-electron chi connectivity index (χ3n) is 2.83. The number of benzene rings is 1. The summed E-state index contributed by atoms with van der Waals surface area (Å²) in [6, 6.07) is 7.77. The lowest BCUT2D eigenvalue weighted by molar-refractivity contribution is 0.112. The molecule has 1 aromatic carbocycles. The van der Waals surface area contributed by atoms with Gasteiger partial charge in [-0.05, 0) is 35.4 Å². The Morgan fingerprint density at radius 2 is 1.94 bits per heavy atom. The fourth-order valence-electron chi connectivity index (χ4n) is 1.80. The molecule has 0 radical (unpaired) electrons. The van der Waals surface area contributed by atoms with Crippen molar-refractivity contribution in [1.82, 2.24) is 0 Å². The molecule has 1 aromatic heterocycles. The summed E-state index contributed by atoms with van der Waals surface area (Å²) in [6.07, 6.45) is 1.96. The van der Waals surface area contributed by atoms with Crippen LogP contribution in [0, 0.1) is 6.92 Å². The number of hydrogen-bond acceptors (Lipinski definition) is 2. The maximum absolute atomic E-state index is 10.6. The molecule has 82 valence electrons. The van der Waals surface area contributed by atoms with Crippen LogP contribution in [0.4, 0.5) is 0 Å². The third kappa shape index (κ3) is 1.93. The molecule has 1 nitrogen and oxygen atoms in total. The Morgan fingerprint density at radius 1 is 1.25 bits per heavy atom. The largest absolute Gasteiger partial charge is 0.298 e. The van der Waals surface area contributed by atoms with E-state index in [0.29, 0.717) is 0 Å². The Morgan fingerprint density at radius 3 is 2.44 bits per heavy atom. The number of carbonyl (C=O) groups excluding carboxylic acids is 1. The quantitative estimate of drug-likeness (QED) is 0.725. The summed E-state index contributed by atoms with van der Waals surface area (Å²) < 4.78 is 0. The van der Waals surface area contributed by atoms with Crippen LogP contribution in [0.5, 0.6) is 0 Å². The Balaban J connectivity index is 2.42. The van der Waals surface area contributed by atoms with Gasteiger partial charge in [0.25, 0.3) is 0 Å². The first-order chi connectivity index (χ1) is 7.76. The highest BCUT2D eigenvalue weighted by molar-refractivity contribution is 7.14. The van der Waals surface area contributed by atoms with Gasteiger partial charge in [0.05, 0.1) is 0 Å². The molecule has 0 amide bonds. The number of thiophene rings is 1. The molecule has 0 unspecified atom stereocenters. The van der Waals surface area contributed by atoms with Gasteiger partial charge in [-0.25, -0.2) is 0 Å². The average molecular weight is 230 g/mol. The summed E-state index contributed by atoms with van der Waals surface area (Å²) in [7, 11) is 0. The van der Waals surface area contributed by atoms with Gasteiger partial charge in [-0.1, -0.05) is 31.2 Å². The topological polar surface area (TPSA) is 17.1 Å². The fourth-order valence-corrected chi connectivity index (χ4v) is 2.98. The van der Waals surface area contributed by atoms with E-state index in [4.69, 9.17) is 0 Å². The molecular weight excluding hydrogens is 216 g/mol. The van der Waals surface area contributed by atoms with Crippen LogP contribution in [0.3, 0.4) is 0 Å². The molecule has 0 spiro atoms. The van der Waals surface area contributed by atoms with E-state index >= 15 is 0 Å². The molecule has 2 heteroatoms. The highest BCUT2D eigenvalue weighted by Crippen LogP contribution is 2.32. The zero-order valence-electron chi connectivity index (χ0n) is 9.49. The minimum absolute atomic E-state index is 0.730. The summed E-state index contributed by atoms with van der Waals surface area (Å²) in [5.74, 6) is 0. The van der Waals surface area contributed by atoms with Crippen LogP contribution in [-0.2, 0) is 6.42 Å². The monoisotopic (exact) mass is 230 g/mol. The molecular formula is C14H14OS. The molecule has 0 saturated heterocycles. The van der Waals surface area contributed by atoms with Crippen molar-refractivity contribution >= 4 is 17.6 Å². The van der Waals surface area contributed by atoms with Gasteiger partial charge >= 0.3 is 0 Å². The number of aldehydes is 1. The van der Waals surface area contributed by atoms with Gasteiger partial charge < -0.3 is 0 Å². The zero-order chi connectivity index (χ0) is 11.5. The van der Waals surface area contributed by atoms with Crippen molar-refractivity contribution in [2.75, 3.05) is 0 Å². The molecule has 0 N–H and O–H groups in total. The van der Waals surface area contributed by atoms with E-state index in [1.54, 1.807) is 11.3 Å². The summed E-state index contributed by atoms with van der Waals surface area (Å²) >= 11 is 1.78. The first-order valence-electron chi connectivity index (χ1n) is 5.38. The summed E-state index contributed by atoms with van der Waals surface area (Å²) in [6.45, 7) is 4.34. The van der Waals surface area contributed by atoms with Gasteiger partial charge in [0.1, 0.15) is 6.29 Å². The van der Waals surface area contributed by atoms with Crippen molar-refractivity contribution in [1.29, 1.82) is 0 Å². The smallest absolute Gasteiger partial charge is 0.150 e. The molecule has 0 atom stereocenters. The summed E-state index contributed by atoms with van der Waals surface area (Å²) in [5.41, 5.74) is 4.72. The SMILES string of the molecule is CCc1csc(-c2ccc(C=O)cc2)c1C. The Labute approximate surface area is 99.8 Å². The lowest BCUT2D eigenvalue weighted by Gasteiger charge is -2.01. The van der Waals surface area contributed by atoms with E-state index in [1.807, 2.05) is 24.3 Å². The average Bonchev–Trinajstić information content (AvgIpc) is 2.70. The van der Waals surface area contributed by atoms with Crippen LogP contribution >= 0.6 is 11.3 Å². The maximum atomic E-state index is 10.6. The predicted octanol–water partition coefficient (Wildman–Crippen LogP) is 4.10. The van der Waals surface area contributed by atoms with Crippen LogP contribution < -0.4 is 0 Å². The van der Waals surface area contributed by atoms with E-state index in [2.05, 4.69) is 19.2 Å². The van der Waals surface area contributed by atoms with Crippen LogP contribution in [0.25, 0.3) is 10.4 Å². The van der Waals surface area contributed by atoms with Gasteiger partial charge in [-0.2, -0.15) is 0 Å². The maximum Gasteiger partial charge on any atom is 0.150 e. The van der Waals surface area contributed by atoms with E-state index in [9.17, 15) is 4.79 Å². The molecule has 16 heavy (non-hydrogen) atoms. The second-order valence-electron chi connectivity index (χ2n) is 3.81. The second-order valence-corrected chi connectivity index (χ2v) is 4.69. The van der Waals surface area contributed by atoms with Crippen molar-refractivity contribution in [3.8, 4) is 10.4 Å². The molecule has 0 saturated carbocycles. The molecule has 0 bridgehead atoms. The van der Waals surface area contributed by atoms with Crippen LogP contribution in [-0.4, -0.2) is 6.29 Å². The predicted molar refractivity (Wildman–Crippen MR) is 69.3 cm³/mol. The van der Waals surface area contributed by atoms with Crippen LogP contribution in [0.2, 0.25) is 0 Å². The lowest BCUT2D eigenvalue weighted by atomic mass is 10.0. The minimum Gasteiger partial charge on any atom is -0.298 e. The number of hydrogen-bond donors (Lipinski definition) is 0. The van der Waals surface area contributed by atoms with Gasteiger partial charge in [-0.15, -0.1) is 11.3 Å². The first-order valence-corrected chi connectivity index (χ1v) is 6.26. The second kappa shape index (κ2) is 4.62. The van der Waals surface area contributed by atoms with Crippen molar-refractivity contribution in [3.63, 3.8) is 0 Å². The van der Waals surface area contributed by atoms with Crippen molar-refractivity contribution in [2.24, 2.45) is 0 Å². The van der Waals surface area contributed by atoms with E-state index < -0.39 is 0 Å². The van der Waals surface area contributed by atoms with E-state index in [0.717, 1.165) is 18.3 Å². The van der Waals surface area contributed by atoms with Crippen molar-refractivity contribution in [3.05, 3.63) is 46.3 Å².